The molecule has 0 fully saturated rings. The fourth-order valence-electron chi connectivity index (χ4n) is 3.30. The Morgan fingerprint density at radius 2 is 1.94 bits per heavy atom. The number of benzene rings is 3. The van der Waals surface area contributed by atoms with Crippen molar-refractivity contribution in [2.45, 2.75) is 11.0 Å². The Kier molecular flexibility index (Phi) is 7.32. The molecule has 34 heavy (non-hydrogen) atoms. The first kappa shape index (κ1) is 24.0. The molecule has 1 heterocycles. The highest BCUT2D eigenvalue weighted by Crippen LogP contribution is 2.24. The molecule has 1 unspecified atom stereocenters. The average Bonchev–Trinajstić information content (AvgIpc) is 3.18. The molecule has 11 heteroatoms. The second-order valence-electron chi connectivity index (χ2n) is 7.47. The zero-order valence-corrected chi connectivity index (χ0v) is 19.4. The van der Waals surface area contributed by atoms with Crippen molar-refractivity contribution < 1.29 is 22.7 Å². The molecule has 8 nitrogen and oxygen atoms in total. The molecule has 4 rings (SSSR count). The van der Waals surface area contributed by atoms with Crippen LogP contribution in [-0.2, 0) is 10.0 Å². The number of nitrogens with one attached hydrogen (secondary N) is 3. The number of aromatic nitrogens is 2. The lowest BCUT2D eigenvalue weighted by atomic mass is 10.1. The summed E-state index contributed by atoms with van der Waals surface area (Å²) in [7, 11) is -3.96. The third-order valence-electron chi connectivity index (χ3n) is 5.00. The molecule has 1 aromatic heterocycles. The largest absolute Gasteiger partial charge is 0.492 e. The van der Waals surface area contributed by atoms with E-state index in [1.807, 2.05) is 6.07 Å². The smallest absolute Gasteiger partial charge is 0.261 e. The maximum atomic E-state index is 13.4. The molecular weight excluding hydrogens is 483 g/mol. The highest BCUT2D eigenvalue weighted by Gasteiger charge is 2.16. The zero-order chi connectivity index (χ0) is 24.1. The summed E-state index contributed by atoms with van der Waals surface area (Å²) in [5, 5.41) is 21.7. The SMILES string of the molecule is O=S(=O)(Nc1cccc(C(O)CNCCOc2ccc3c(Cl)[nH]nc3c2)c1)c1cccc(F)c1. The second-order valence-corrected chi connectivity index (χ2v) is 9.53. The summed E-state index contributed by atoms with van der Waals surface area (Å²) >= 11 is 5.99. The molecule has 0 aliphatic rings. The summed E-state index contributed by atoms with van der Waals surface area (Å²) in [5.74, 6) is 0.00415. The Labute approximate surface area is 200 Å². The molecule has 4 N–H and O–H groups in total. The van der Waals surface area contributed by atoms with Gasteiger partial charge in [0.05, 0.1) is 16.5 Å². The van der Waals surface area contributed by atoms with Crippen LogP contribution >= 0.6 is 11.6 Å². The van der Waals surface area contributed by atoms with Gasteiger partial charge in [-0.3, -0.25) is 9.82 Å². The summed E-state index contributed by atoms with van der Waals surface area (Å²) < 4.78 is 46.5. The molecule has 4 aromatic rings. The van der Waals surface area contributed by atoms with E-state index in [1.54, 1.807) is 30.3 Å². The minimum atomic E-state index is -3.96. The summed E-state index contributed by atoms with van der Waals surface area (Å²) in [6.45, 7) is 1.07. The van der Waals surface area contributed by atoms with Crippen molar-refractivity contribution in [1.29, 1.82) is 0 Å². The fourth-order valence-corrected chi connectivity index (χ4v) is 4.59. The van der Waals surface area contributed by atoms with Crippen LogP contribution in [-0.4, -0.2) is 43.4 Å². The average molecular weight is 505 g/mol. The van der Waals surface area contributed by atoms with Gasteiger partial charge in [0.1, 0.15) is 23.3 Å². The van der Waals surface area contributed by atoms with Crippen LogP contribution in [0.25, 0.3) is 10.9 Å². The third kappa shape index (κ3) is 5.84. The van der Waals surface area contributed by atoms with E-state index in [1.165, 1.54) is 24.3 Å². The summed E-state index contributed by atoms with van der Waals surface area (Å²) in [6.07, 6.45) is -0.874. The van der Waals surface area contributed by atoms with Crippen molar-refractivity contribution in [3.05, 3.63) is 83.3 Å². The monoisotopic (exact) mass is 504 g/mol. The van der Waals surface area contributed by atoms with E-state index in [9.17, 15) is 17.9 Å². The van der Waals surface area contributed by atoms with Gasteiger partial charge in [-0.1, -0.05) is 29.8 Å². The van der Waals surface area contributed by atoms with Gasteiger partial charge in [-0.25, -0.2) is 12.8 Å². The van der Waals surface area contributed by atoms with Crippen LogP contribution in [0.1, 0.15) is 11.7 Å². The van der Waals surface area contributed by atoms with Gasteiger partial charge in [0.15, 0.2) is 0 Å². The van der Waals surface area contributed by atoms with Crippen LogP contribution in [0, 0.1) is 5.82 Å². The van der Waals surface area contributed by atoms with Crippen molar-refractivity contribution in [1.82, 2.24) is 15.5 Å². The maximum Gasteiger partial charge on any atom is 0.261 e. The zero-order valence-electron chi connectivity index (χ0n) is 17.8. The number of aliphatic hydroxyl groups is 1. The molecule has 0 aliphatic heterocycles. The van der Waals surface area contributed by atoms with E-state index >= 15 is 0 Å². The van der Waals surface area contributed by atoms with Crippen LogP contribution in [0.4, 0.5) is 10.1 Å². The van der Waals surface area contributed by atoms with Gasteiger partial charge < -0.3 is 15.2 Å². The molecule has 0 aliphatic carbocycles. The molecule has 0 saturated carbocycles. The predicted octanol–water partition coefficient (Wildman–Crippen LogP) is 3.86. The minimum Gasteiger partial charge on any atom is -0.492 e. The topological polar surface area (TPSA) is 116 Å². The molecule has 0 spiro atoms. The van der Waals surface area contributed by atoms with Gasteiger partial charge in [-0.05, 0) is 48.0 Å². The molecular formula is C23H22ClFN4O4S. The van der Waals surface area contributed by atoms with E-state index in [2.05, 4.69) is 20.2 Å². The standard InChI is InChI=1S/C23H22ClFN4O4S/c24-23-20-8-7-18(13-21(20)27-28-23)33-10-9-26-14-22(30)15-3-1-5-17(11-15)29-34(31,32)19-6-2-4-16(25)12-19/h1-8,11-13,22,26,29-30H,9-10,14H2,(H,27,28). The summed E-state index contributed by atoms with van der Waals surface area (Å²) in [5.41, 5.74) is 1.49. The van der Waals surface area contributed by atoms with E-state index in [-0.39, 0.29) is 17.1 Å². The molecule has 1 atom stereocenters. The Balaban J connectivity index is 1.27. The number of hydrogen-bond donors (Lipinski definition) is 4. The highest BCUT2D eigenvalue weighted by atomic mass is 35.5. The number of aliphatic hydroxyl groups excluding tert-OH is 1. The Bertz CT molecular complexity index is 1400. The van der Waals surface area contributed by atoms with Gasteiger partial charge in [-0.15, -0.1) is 0 Å². The van der Waals surface area contributed by atoms with Crippen LogP contribution in [0.15, 0.2) is 71.6 Å². The van der Waals surface area contributed by atoms with E-state index < -0.39 is 21.9 Å². The van der Waals surface area contributed by atoms with E-state index in [0.29, 0.717) is 35.1 Å². The number of sulfonamides is 1. The first-order valence-electron chi connectivity index (χ1n) is 10.4. The van der Waals surface area contributed by atoms with Crippen LogP contribution in [0.3, 0.4) is 0 Å². The summed E-state index contributed by atoms with van der Waals surface area (Å²) in [4.78, 5) is -0.186. The van der Waals surface area contributed by atoms with Crippen molar-refractivity contribution in [3.63, 3.8) is 0 Å². The fraction of sp³-hybridized carbons (Fsp3) is 0.174. The molecule has 0 radical (unpaired) electrons. The van der Waals surface area contributed by atoms with Gasteiger partial charge in [0.25, 0.3) is 10.0 Å². The molecule has 0 amide bonds. The first-order valence-corrected chi connectivity index (χ1v) is 12.2. The normalized spacial score (nSPS) is 12.6. The second kappa shape index (κ2) is 10.4. The molecule has 0 saturated heterocycles. The number of fused-ring (bicyclic) bond motifs is 1. The highest BCUT2D eigenvalue weighted by molar-refractivity contribution is 7.92. The number of ether oxygens (including phenoxy) is 1. The number of hydrogen-bond acceptors (Lipinski definition) is 6. The third-order valence-corrected chi connectivity index (χ3v) is 6.66. The Morgan fingerprint density at radius 3 is 2.76 bits per heavy atom. The van der Waals surface area contributed by atoms with Crippen molar-refractivity contribution in [2.75, 3.05) is 24.4 Å². The van der Waals surface area contributed by atoms with Crippen molar-refractivity contribution in [3.8, 4) is 5.75 Å². The molecule has 3 aromatic carbocycles. The maximum absolute atomic E-state index is 13.4. The number of nitrogens with zero attached hydrogens (tertiary/aromatic N) is 1. The van der Waals surface area contributed by atoms with Crippen LogP contribution in [0.5, 0.6) is 5.75 Å². The van der Waals surface area contributed by atoms with Crippen molar-refractivity contribution >= 4 is 38.2 Å². The first-order chi connectivity index (χ1) is 16.3. The lowest BCUT2D eigenvalue weighted by Crippen LogP contribution is -2.26. The number of anilines is 1. The van der Waals surface area contributed by atoms with Gasteiger partial charge in [0, 0.05) is 30.2 Å². The minimum absolute atomic E-state index is 0.186. The van der Waals surface area contributed by atoms with Gasteiger partial charge in [0.2, 0.25) is 0 Å². The van der Waals surface area contributed by atoms with Crippen LogP contribution in [0.2, 0.25) is 5.15 Å². The number of aromatic amines is 1. The van der Waals surface area contributed by atoms with Crippen LogP contribution < -0.4 is 14.8 Å². The Hall–Kier alpha value is -3.18. The molecule has 178 valence electrons. The number of H-pyrrole nitrogens is 1. The summed E-state index contributed by atoms with van der Waals surface area (Å²) in [6, 6.07) is 16.5. The van der Waals surface area contributed by atoms with Crippen molar-refractivity contribution in [2.24, 2.45) is 0 Å². The quantitative estimate of drug-likeness (QED) is 0.244. The lowest BCUT2D eigenvalue weighted by molar-refractivity contribution is 0.172. The lowest BCUT2D eigenvalue weighted by Gasteiger charge is -2.15. The number of halogens is 2. The van der Waals surface area contributed by atoms with Gasteiger partial charge >= 0.3 is 0 Å². The Morgan fingerprint density at radius 1 is 1.12 bits per heavy atom. The molecule has 0 bridgehead atoms. The number of rotatable bonds is 10. The van der Waals surface area contributed by atoms with E-state index in [4.69, 9.17) is 16.3 Å². The van der Waals surface area contributed by atoms with Gasteiger partial charge in [-0.2, -0.15) is 5.10 Å². The van der Waals surface area contributed by atoms with E-state index in [0.717, 1.165) is 11.5 Å². The predicted molar refractivity (Wildman–Crippen MR) is 128 cm³/mol.